The average molecular weight is 337 g/mol. The lowest BCUT2D eigenvalue weighted by Gasteiger charge is -2.10. The molecule has 0 bridgehead atoms. The molecule has 0 fully saturated rings. The number of hydrogen-bond donors (Lipinski definition) is 0. The molecule has 0 aliphatic carbocycles. The van der Waals surface area contributed by atoms with Crippen molar-refractivity contribution in [2.45, 2.75) is 6.18 Å². The van der Waals surface area contributed by atoms with Crippen molar-refractivity contribution < 1.29 is 22.4 Å². The van der Waals surface area contributed by atoms with Crippen molar-refractivity contribution in [3.05, 3.63) is 69.0 Å². The van der Waals surface area contributed by atoms with Crippen LogP contribution in [-0.2, 0) is 6.18 Å². The Morgan fingerprint density at radius 3 is 2.24 bits per heavy atom. The lowest BCUT2D eigenvalue weighted by molar-refractivity contribution is -0.140. The van der Waals surface area contributed by atoms with Crippen LogP contribution in [0.3, 0.4) is 0 Å². The van der Waals surface area contributed by atoms with E-state index < -0.39 is 23.3 Å². The summed E-state index contributed by atoms with van der Waals surface area (Å²) in [5.74, 6) is -2.19. The molecule has 0 spiro atoms. The summed E-state index contributed by atoms with van der Waals surface area (Å²) in [7, 11) is 0. The maximum atomic E-state index is 13.2. The van der Waals surface area contributed by atoms with Crippen LogP contribution >= 0.6 is 23.2 Å². The second-order valence-electron chi connectivity index (χ2n) is 4.15. The molecule has 0 saturated carbocycles. The number of ketones is 1. The third kappa shape index (κ3) is 3.36. The number of hydrogen-bond acceptors (Lipinski definition) is 1. The minimum absolute atomic E-state index is 0.00498. The largest absolute Gasteiger partial charge is 0.419 e. The monoisotopic (exact) mass is 336 g/mol. The summed E-state index contributed by atoms with van der Waals surface area (Å²) < 4.78 is 51.1. The van der Waals surface area contributed by atoms with Crippen LogP contribution in [0, 0.1) is 5.82 Å². The second kappa shape index (κ2) is 5.66. The molecule has 2 aromatic rings. The van der Waals surface area contributed by atoms with Gasteiger partial charge in [-0.3, -0.25) is 4.79 Å². The van der Waals surface area contributed by atoms with E-state index in [1.54, 1.807) is 0 Å². The maximum absolute atomic E-state index is 13.2. The Hall–Kier alpha value is -1.59. The Balaban J connectivity index is 2.49. The Kier molecular flexibility index (Phi) is 4.25. The van der Waals surface area contributed by atoms with E-state index in [9.17, 15) is 22.4 Å². The fourth-order valence-electron chi connectivity index (χ4n) is 1.71. The van der Waals surface area contributed by atoms with E-state index in [1.807, 2.05) is 0 Å². The molecule has 0 atom stereocenters. The summed E-state index contributed by atoms with van der Waals surface area (Å²) in [6, 6.07) is 6.00. The van der Waals surface area contributed by atoms with Crippen LogP contribution in [0.2, 0.25) is 10.0 Å². The molecule has 0 heterocycles. The Morgan fingerprint density at radius 2 is 1.67 bits per heavy atom. The number of rotatable bonds is 2. The van der Waals surface area contributed by atoms with Gasteiger partial charge in [0.15, 0.2) is 5.78 Å². The number of alkyl halides is 3. The molecule has 7 heteroatoms. The van der Waals surface area contributed by atoms with Crippen LogP contribution in [0.15, 0.2) is 36.4 Å². The SMILES string of the molecule is O=C(c1ccc(F)c(C(F)(F)F)c1)c1ccc(Cl)cc1Cl. The van der Waals surface area contributed by atoms with Gasteiger partial charge in [-0.1, -0.05) is 23.2 Å². The molecular weight excluding hydrogens is 331 g/mol. The molecular formula is C14H6Cl2F4O. The molecule has 0 radical (unpaired) electrons. The lowest BCUT2D eigenvalue weighted by Crippen LogP contribution is -2.11. The zero-order chi connectivity index (χ0) is 15.8. The van der Waals surface area contributed by atoms with Crippen LogP contribution in [0.1, 0.15) is 21.5 Å². The maximum Gasteiger partial charge on any atom is 0.419 e. The van der Waals surface area contributed by atoms with E-state index in [1.165, 1.54) is 18.2 Å². The van der Waals surface area contributed by atoms with E-state index in [-0.39, 0.29) is 21.2 Å². The van der Waals surface area contributed by atoms with E-state index in [0.717, 1.165) is 6.07 Å². The van der Waals surface area contributed by atoms with Gasteiger partial charge in [0.25, 0.3) is 0 Å². The van der Waals surface area contributed by atoms with Gasteiger partial charge in [-0.2, -0.15) is 13.2 Å². The first-order chi connectivity index (χ1) is 9.70. The first kappa shape index (κ1) is 15.8. The van der Waals surface area contributed by atoms with Crippen LogP contribution in [-0.4, -0.2) is 5.78 Å². The Labute approximate surface area is 127 Å². The predicted molar refractivity (Wildman–Crippen MR) is 71.3 cm³/mol. The fraction of sp³-hybridized carbons (Fsp3) is 0.0714. The summed E-state index contributed by atoms with van der Waals surface area (Å²) in [6.07, 6.45) is -4.88. The second-order valence-corrected chi connectivity index (χ2v) is 4.99. The highest BCUT2D eigenvalue weighted by molar-refractivity contribution is 6.37. The highest BCUT2D eigenvalue weighted by Gasteiger charge is 2.34. The zero-order valence-corrected chi connectivity index (χ0v) is 11.7. The van der Waals surface area contributed by atoms with Crippen LogP contribution < -0.4 is 0 Å². The van der Waals surface area contributed by atoms with E-state index in [2.05, 4.69) is 0 Å². The molecule has 0 aliphatic heterocycles. The third-order valence-corrected chi connectivity index (χ3v) is 3.26. The Morgan fingerprint density at radius 1 is 1.00 bits per heavy atom. The first-order valence-corrected chi connectivity index (χ1v) is 6.32. The molecule has 0 aliphatic rings. The van der Waals surface area contributed by atoms with Gasteiger partial charge in [0.05, 0.1) is 10.6 Å². The molecule has 1 nitrogen and oxygen atoms in total. The van der Waals surface area contributed by atoms with E-state index >= 15 is 0 Å². The summed E-state index contributed by atoms with van der Waals surface area (Å²) in [6.45, 7) is 0. The Bertz CT molecular complexity index is 711. The molecule has 0 aromatic heterocycles. The first-order valence-electron chi connectivity index (χ1n) is 5.56. The summed E-state index contributed by atoms with van der Waals surface area (Å²) in [5.41, 5.74) is -1.83. The van der Waals surface area contributed by atoms with Crippen molar-refractivity contribution in [2.75, 3.05) is 0 Å². The van der Waals surface area contributed by atoms with Crippen molar-refractivity contribution in [2.24, 2.45) is 0 Å². The molecule has 110 valence electrons. The average Bonchev–Trinajstić information content (AvgIpc) is 2.37. The minimum Gasteiger partial charge on any atom is -0.289 e. The smallest absolute Gasteiger partial charge is 0.289 e. The van der Waals surface area contributed by atoms with Gasteiger partial charge >= 0.3 is 6.18 Å². The van der Waals surface area contributed by atoms with Gasteiger partial charge in [-0.25, -0.2) is 4.39 Å². The van der Waals surface area contributed by atoms with E-state index in [4.69, 9.17) is 23.2 Å². The number of carbonyl (C=O) groups is 1. The van der Waals surface area contributed by atoms with Crippen LogP contribution in [0.25, 0.3) is 0 Å². The molecule has 2 rings (SSSR count). The van der Waals surface area contributed by atoms with Gasteiger partial charge in [-0.15, -0.1) is 0 Å². The predicted octanol–water partition coefficient (Wildman–Crippen LogP) is 5.38. The number of benzene rings is 2. The van der Waals surface area contributed by atoms with E-state index in [0.29, 0.717) is 12.1 Å². The zero-order valence-electron chi connectivity index (χ0n) is 10.1. The van der Waals surface area contributed by atoms with Crippen molar-refractivity contribution in [1.29, 1.82) is 0 Å². The highest BCUT2D eigenvalue weighted by Crippen LogP contribution is 2.33. The summed E-state index contributed by atoms with van der Waals surface area (Å²) >= 11 is 11.5. The lowest BCUT2D eigenvalue weighted by atomic mass is 10.0. The number of halogens is 6. The van der Waals surface area contributed by atoms with Gasteiger partial charge in [0.2, 0.25) is 0 Å². The van der Waals surface area contributed by atoms with Crippen molar-refractivity contribution in [3.8, 4) is 0 Å². The standard InChI is InChI=1S/C14H6Cl2F4O/c15-8-2-3-9(11(16)6-8)13(21)7-1-4-12(17)10(5-7)14(18,19)20/h1-6H. The van der Waals surface area contributed by atoms with Crippen LogP contribution in [0.4, 0.5) is 17.6 Å². The summed E-state index contributed by atoms with van der Waals surface area (Å²) in [4.78, 5) is 12.2. The van der Waals surface area contributed by atoms with Gasteiger partial charge in [0.1, 0.15) is 5.82 Å². The molecule has 0 saturated heterocycles. The molecule has 0 N–H and O–H groups in total. The molecule has 0 amide bonds. The minimum atomic E-state index is -4.88. The quantitative estimate of drug-likeness (QED) is 0.531. The van der Waals surface area contributed by atoms with Crippen LogP contribution in [0.5, 0.6) is 0 Å². The van der Waals surface area contributed by atoms with Gasteiger partial charge in [0, 0.05) is 16.1 Å². The van der Waals surface area contributed by atoms with Crippen molar-refractivity contribution in [1.82, 2.24) is 0 Å². The molecule has 2 aromatic carbocycles. The normalized spacial score (nSPS) is 11.5. The van der Waals surface area contributed by atoms with Gasteiger partial charge < -0.3 is 0 Å². The van der Waals surface area contributed by atoms with Crippen molar-refractivity contribution >= 4 is 29.0 Å². The van der Waals surface area contributed by atoms with Gasteiger partial charge in [-0.05, 0) is 36.4 Å². The molecule has 0 unspecified atom stereocenters. The third-order valence-electron chi connectivity index (χ3n) is 2.71. The topological polar surface area (TPSA) is 17.1 Å². The summed E-state index contributed by atoms with van der Waals surface area (Å²) in [5, 5.41) is 0.289. The fourth-order valence-corrected chi connectivity index (χ4v) is 2.21. The molecule has 21 heavy (non-hydrogen) atoms. The number of carbonyl (C=O) groups excluding carboxylic acids is 1. The highest BCUT2D eigenvalue weighted by atomic mass is 35.5. The van der Waals surface area contributed by atoms with Crippen molar-refractivity contribution in [3.63, 3.8) is 0 Å².